The Morgan fingerprint density at radius 2 is 1.93 bits per heavy atom. The first-order valence-corrected chi connectivity index (χ1v) is 10.7. The largest absolute Gasteiger partial charge is 0.335 e. The summed E-state index contributed by atoms with van der Waals surface area (Å²) in [6.45, 7) is 1.58. The van der Waals surface area contributed by atoms with Gasteiger partial charge in [0, 0.05) is 43.2 Å². The van der Waals surface area contributed by atoms with Gasteiger partial charge in [-0.25, -0.2) is 8.78 Å². The molecule has 1 aromatic carbocycles. The molecule has 4 fully saturated rings. The van der Waals surface area contributed by atoms with Crippen LogP contribution < -0.4 is 5.32 Å². The van der Waals surface area contributed by atoms with Crippen LogP contribution in [0.4, 0.5) is 8.78 Å². The van der Waals surface area contributed by atoms with Gasteiger partial charge in [0.05, 0.1) is 12.6 Å². The Morgan fingerprint density at radius 3 is 2.57 bits per heavy atom. The second-order valence-corrected chi connectivity index (χ2v) is 9.39. The lowest BCUT2D eigenvalue weighted by atomic mass is 9.87. The zero-order valence-electron chi connectivity index (χ0n) is 15.8. The number of halogens is 3. The quantitative estimate of drug-likeness (QED) is 0.833. The van der Waals surface area contributed by atoms with Crippen molar-refractivity contribution in [3.05, 3.63) is 34.9 Å². The van der Waals surface area contributed by atoms with Crippen LogP contribution in [-0.2, 0) is 4.79 Å². The topological polar surface area (TPSA) is 35.6 Å². The highest BCUT2D eigenvalue weighted by Gasteiger charge is 2.49. The van der Waals surface area contributed by atoms with Gasteiger partial charge in [-0.15, -0.1) is 0 Å². The monoisotopic (exact) mass is 409 g/mol. The number of nitrogens with zero attached hydrogens (tertiary/aromatic N) is 2. The Labute approximate surface area is 169 Å². The van der Waals surface area contributed by atoms with Gasteiger partial charge in [-0.3, -0.25) is 9.69 Å². The number of nitrogens with one attached hydrogen (secondary N) is 1. The summed E-state index contributed by atoms with van der Waals surface area (Å²) in [5, 5.41) is 4.08. The van der Waals surface area contributed by atoms with E-state index in [9.17, 15) is 13.6 Å². The van der Waals surface area contributed by atoms with E-state index < -0.39 is 12.5 Å². The summed E-state index contributed by atoms with van der Waals surface area (Å²) in [5.41, 5.74) is 1.38. The van der Waals surface area contributed by atoms with Gasteiger partial charge in [0.15, 0.2) is 0 Å². The number of benzene rings is 1. The van der Waals surface area contributed by atoms with E-state index in [4.69, 9.17) is 11.6 Å². The highest BCUT2D eigenvalue weighted by atomic mass is 35.5. The van der Waals surface area contributed by atoms with Crippen molar-refractivity contribution in [3.8, 4) is 0 Å². The van der Waals surface area contributed by atoms with E-state index in [0.717, 1.165) is 31.0 Å². The molecule has 1 aliphatic carbocycles. The maximum atomic E-state index is 13.4. The summed E-state index contributed by atoms with van der Waals surface area (Å²) in [4.78, 5) is 16.5. The lowest BCUT2D eigenvalue weighted by Crippen LogP contribution is -2.44. The average molecular weight is 410 g/mol. The maximum Gasteiger partial charge on any atom is 0.267 e. The molecule has 2 bridgehead atoms. The Hall–Kier alpha value is -1.24. The van der Waals surface area contributed by atoms with Crippen molar-refractivity contribution in [2.75, 3.05) is 26.2 Å². The predicted molar refractivity (Wildman–Crippen MR) is 104 cm³/mol. The molecule has 7 heteroatoms. The molecule has 0 spiro atoms. The van der Waals surface area contributed by atoms with Gasteiger partial charge < -0.3 is 10.2 Å². The van der Waals surface area contributed by atoms with Crippen molar-refractivity contribution in [1.29, 1.82) is 0 Å². The van der Waals surface area contributed by atoms with Crippen molar-refractivity contribution in [1.82, 2.24) is 15.1 Å². The number of hydrogen-bond acceptors (Lipinski definition) is 3. The van der Waals surface area contributed by atoms with Gasteiger partial charge in [0.25, 0.3) is 5.92 Å². The molecule has 5 atom stereocenters. The molecule has 4 aliphatic rings. The Kier molecular flexibility index (Phi) is 4.64. The smallest absolute Gasteiger partial charge is 0.267 e. The minimum Gasteiger partial charge on any atom is -0.335 e. The third-order valence-corrected chi connectivity index (χ3v) is 7.49. The van der Waals surface area contributed by atoms with Crippen molar-refractivity contribution in [2.24, 2.45) is 5.92 Å². The van der Waals surface area contributed by atoms with Crippen molar-refractivity contribution >= 4 is 17.5 Å². The van der Waals surface area contributed by atoms with E-state index in [2.05, 4.69) is 22.3 Å². The molecular weight excluding hydrogens is 384 g/mol. The molecule has 3 saturated heterocycles. The van der Waals surface area contributed by atoms with E-state index >= 15 is 0 Å². The molecule has 4 nitrogen and oxygen atoms in total. The molecule has 5 rings (SSSR count). The van der Waals surface area contributed by atoms with Crippen LogP contribution in [0, 0.1) is 5.92 Å². The molecule has 28 heavy (non-hydrogen) atoms. The fourth-order valence-electron chi connectivity index (χ4n) is 5.86. The standard InChI is InChI=1S/C21H26ClF2N3O/c22-15-3-1-13(2-4-15)18-8-16-7-14(18)11-27(16)17-9-19(25-10-17)20(28)26-6-5-21(23,24)12-26/h1-4,14,16-19,25H,5-12H2/t14?,16?,17-,18?,19-/m0/s1. The molecule has 3 heterocycles. The van der Waals surface area contributed by atoms with Crippen LogP contribution in [0.3, 0.4) is 0 Å². The first kappa shape index (κ1) is 18.8. The summed E-state index contributed by atoms with van der Waals surface area (Å²) in [7, 11) is 0. The number of carbonyl (C=O) groups excluding carboxylic acids is 1. The Balaban J connectivity index is 1.18. The van der Waals surface area contributed by atoms with E-state index in [0.29, 0.717) is 23.9 Å². The summed E-state index contributed by atoms with van der Waals surface area (Å²) in [6, 6.07) is 8.82. The second kappa shape index (κ2) is 6.92. The first-order chi connectivity index (χ1) is 13.4. The fourth-order valence-corrected chi connectivity index (χ4v) is 5.98. The number of fused-ring (bicyclic) bond motifs is 2. The van der Waals surface area contributed by atoms with Crippen LogP contribution in [0.25, 0.3) is 0 Å². The minimum atomic E-state index is -2.72. The number of hydrogen-bond donors (Lipinski definition) is 1. The average Bonchev–Trinajstić information content (AvgIpc) is 3.44. The van der Waals surface area contributed by atoms with Crippen LogP contribution in [-0.4, -0.2) is 65.9 Å². The molecule has 3 unspecified atom stereocenters. The van der Waals surface area contributed by atoms with Crippen LogP contribution in [0.1, 0.15) is 37.2 Å². The van der Waals surface area contributed by atoms with E-state index in [1.165, 1.54) is 16.9 Å². The van der Waals surface area contributed by atoms with E-state index in [1.807, 2.05) is 12.1 Å². The van der Waals surface area contributed by atoms with Gasteiger partial charge in [0.2, 0.25) is 5.91 Å². The third kappa shape index (κ3) is 3.33. The SMILES string of the molecule is O=C([C@@H]1C[C@H](N2CC3CC2CC3c2ccc(Cl)cc2)CN1)N1CCC(F)(F)C1. The van der Waals surface area contributed by atoms with Crippen LogP contribution in [0.15, 0.2) is 24.3 Å². The molecule has 3 aliphatic heterocycles. The highest BCUT2D eigenvalue weighted by molar-refractivity contribution is 6.30. The number of likely N-dealkylation sites (tertiary alicyclic amines) is 2. The van der Waals surface area contributed by atoms with Gasteiger partial charge >= 0.3 is 0 Å². The molecule has 0 radical (unpaired) electrons. The number of piperidine rings is 1. The van der Waals surface area contributed by atoms with Gasteiger partial charge in [0.1, 0.15) is 0 Å². The predicted octanol–water partition coefficient (Wildman–Crippen LogP) is 3.12. The Bertz CT molecular complexity index is 759. The molecule has 1 aromatic rings. The van der Waals surface area contributed by atoms with E-state index in [-0.39, 0.29) is 24.9 Å². The molecule has 1 amide bonds. The molecule has 0 aromatic heterocycles. The van der Waals surface area contributed by atoms with Gasteiger partial charge in [-0.2, -0.15) is 0 Å². The summed E-state index contributed by atoms with van der Waals surface area (Å²) >= 11 is 6.02. The lowest BCUT2D eigenvalue weighted by Gasteiger charge is -2.35. The second-order valence-electron chi connectivity index (χ2n) is 8.96. The van der Waals surface area contributed by atoms with Crippen LogP contribution in [0.5, 0.6) is 0 Å². The Morgan fingerprint density at radius 1 is 1.14 bits per heavy atom. The first-order valence-electron chi connectivity index (χ1n) is 10.3. The minimum absolute atomic E-state index is 0.150. The zero-order chi connectivity index (χ0) is 19.5. The molecular formula is C21H26ClF2N3O. The summed E-state index contributed by atoms with van der Waals surface area (Å²) < 4.78 is 26.9. The maximum absolute atomic E-state index is 13.4. The van der Waals surface area contributed by atoms with Gasteiger partial charge in [-0.05, 0) is 48.8 Å². The highest BCUT2D eigenvalue weighted by Crippen LogP contribution is 2.48. The normalized spacial score (nSPS) is 37.1. The lowest BCUT2D eigenvalue weighted by molar-refractivity contribution is -0.133. The molecule has 1 N–H and O–H groups in total. The van der Waals surface area contributed by atoms with Crippen LogP contribution >= 0.6 is 11.6 Å². The van der Waals surface area contributed by atoms with Crippen molar-refractivity contribution in [2.45, 2.75) is 55.6 Å². The van der Waals surface area contributed by atoms with E-state index in [1.54, 1.807) is 0 Å². The summed E-state index contributed by atoms with van der Waals surface area (Å²) in [6.07, 6.45) is 2.88. The number of alkyl halides is 2. The van der Waals surface area contributed by atoms with Crippen molar-refractivity contribution < 1.29 is 13.6 Å². The number of rotatable bonds is 3. The number of amides is 1. The molecule has 1 saturated carbocycles. The number of carbonyl (C=O) groups is 1. The third-order valence-electron chi connectivity index (χ3n) is 7.24. The van der Waals surface area contributed by atoms with Crippen LogP contribution in [0.2, 0.25) is 5.02 Å². The van der Waals surface area contributed by atoms with Crippen molar-refractivity contribution in [3.63, 3.8) is 0 Å². The zero-order valence-corrected chi connectivity index (χ0v) is 16.5. The fraction of sp³-hybridized carbons (Fsp3) is 0.667. The molecule has 152 valence electrons. The summed E-state index contributed by atoms with van der Waals surface area (Å²) in [5.74, 6) is -1.63. The van der Waals surface area contributed by atoms with Gasteiger partial charge in [-0.1, -0.05) is 23.7 Å².